The molecule has 0 saturated carbocycles. The summed E-state index contributed by atoms with van der Waals surface area (Å²) in [6.07, 6.45) is -1.37. The Bertz CT molecular complexity index is 1440. The van der Waals surface area contributed by atoms with E-state index in [1.807, 2.05) is 0 Å². The standard InChI is InChI=1S/C23H25N5O7S/c1-14-11-16(27-35-14)17(29)12-36(30,31)13-20-25-26-23(15-7-5-10-21(24-15)34-4)28(20)22-18(32-2)8-6-9-19(22)33-3/h5-11,17,29H,12-13H2,1-4H3/t17-/m0/s1. The zero-order valence-electron chi connectivity index (χ0n) is 20.1. The summed E-state index contributed by atoms with van der Waals surface area (Å²) >= 11 is 0. The second-order valence-electron chi connectivity index (χ2n) is 7.78. The van der Waals surface area contributed by atoms with Gasteiger partial charge >= 0.3 is 0 Å². The third-order valence-electron chi connectivity index (χ3n) is 5.27. The maximum Gasteiger partial charge on any atom is 0.213 e. The van der Waals surface area contributed by atoms with Gasteiger partial charge in [0.25, 0.3) is 0 Å². The number of aromatic nitrogens is 5. The first-order valence-corrected chi connectivity index (χ1v) is 12.6. The van der Waals surface area contributed by atoms with Gasteiger partial charge in [0.05, 0.1) is 27.1 Å². The largest absolute Gasteiger partial charge is 0.494 e. The molecule has 3 heterocycles. The summed E-state index contributed by atoms with van der Waals surface area (Å²) in [7, 11) is 0.550. The highest BCUT2D eigenvalue weighted by Gasteiger charge is 2.28. The van der Waals surface area contributed by atoms with Gasteiger partial charge in [-0.1, -0.05) is 17.3 Å². The van der Waals surface area contributed by atoms with E-state index >= 15 is 0 Å². The van der Waals surface area contributed by atoms with E-state index < -0.39 is 27.4 Å². The third-order valence-corrected chi connectivity index (χ3v) is 6.79. The molecule has 0 aliphatic rings. The van der Waals surface area contributed by atoms with Crippen LogP contribution >= 0.6 is 0 Å². The minimum Gasteiger partial charge on any atom is -0.494 e. The van der Waals surface area contributed by atoms with Gasteiger partial charge in [-0.2, -0.15) is 0 Å². The van der Waals surface area contributed by atoms with Gasteiger partial charge < -0.3 is 23.8 Å². The number of aliphatic hydroxyl groups excluding tert-OH is 1. The van der Waals surface area contributed by atoms with Crippen LogP contribution in [0.25, 0.3) is 17.2 Å². The Hall–Kier alpha value is -3.97. The summed E-state index contributed by atoms with van der Waals surface area (Å²) in [5, 5.41) is 22.5. The molecule has 4 rings (SSSR count). The summed E-state index contributed by atoms with van der Waals surface area (Å²) in [5.41, 5.74) is 0.909. The number of hydrogen-bond acceptors (Lipinski definition) is 11. The number of pyridine rings is 1. The van der Waals surface area contributed by atoms with Crippen LogP contribution in [0.5, 0.6) is 17.4 Å². The van der Waals surface area contributed by atoms with Gasteiger partial charge in [0, 0.05) is 12.1 Å². The average molecular weight is 516 g/mol. The monoisotopic (exact) mass is 515 g/mol. The molecule has 0 spiro atoms. The summed E-state index contributed by atoms with van der Waals surface area (Å²) < 4.78 is 49.0. The SMILES string of the molecule is COc1cccc(-c2nnc(CS(=O)(=O)C[C@H](O)c3cc(C)on3)n2-c2c(OC)cccc2OC)n1. The van der Waals surface area contributed by atoms with Gasteiger partial charge in [0.1, 0.15) is 46.2 Å². The van der Waals surface area contributed by atoms with Crippen LogP contribution in [0.15, 0.2) is 47.0 Å². The zero-order valence-corrected chi connectivity index (χ0v) is 20.9. The summed E-state index contributed by atoms with van der Waals surface area (Å²) in [5.74, 6) is 0.774. The van der Waals surface area contributed by atoms with Crippen molar-refractivity contribution in [2.75, 3.05) is 27.1 Å². The smallest absolute Gasteiger partial charge is 0.213 e. The molecule has 1 atom stereocenters. The van der Waals surface area contributed by atoms with E-state index in [9.17, 15) is 13.5 Å². The van der Waals surface area contributed by atoms with Crippen molar-refractivity contribution in [3.8, 4) is 34.6 Å². The van der Waals surface area contributed by atoms with Gasteiger partial charge in [-0.3, -0.25) is 4.57 Å². The fourth-order valence-electron chi connectivity index (χ4n) is 3.64. The number of hydrogen-bond donors (Lipinski definition) is 1. The van der Waals surface area contributed by atoms with Crippen LogP contribution in [0.2, 0.25) is 0 Å². The van der Waals surface area contributed by atoms with E-state index in [1.165, 1.54) is 32.0 Å². The lowest BCUT2D eigenvalue weighted by molar-refractivity contribution is 0.190. The highest BCUT2D eigenvalue weighted by Crippen LogP contribution is 2.36. The lowest BCUT2D eigenvalue weighted by Crippen LogP contribution is -2.19. The normalized spacial score (nSPS) is 12.4. The van der Waals surface area contributed by atoms with Gasteiger partial charge in [-0.25, -0.2) is 13.4 Å². The molecular formula is C23H25N5O7S. The van der Waals surface area contributed by atoms with Crippen LogP contribution < -0.4 is 14.2 Å². The van der Waals surface area contributed by atoms with Gasteiger partial charge in [0.15, 0.2) is 21.5 Å². The molecular weight excluding hydrogens is 490 g/mol. The number of nitrogens with zero attached hydrogens (tertiary/aromatic N) is 5. The number of methoxy groups -OCH3 is 3. The van der Waals surface area contributed by atoms with E-state index in [2.05, 4.69) is 20.3 Å². The molecule has 0 unspecified atom stereocenters. The van der Waals surface area contributed by atoms with E-state index in [0.29, 0.717) is 34.5 Å². The van der Waals surface area contributed by atoms with Crippen LogP contribution in [-0.2, 0) is 15.6 Å². The molecule has 190 valence electrons. The van der Waals surface area contributed by atoms with Gasteiger partial charge in [0.2, 0.25) is 5.88 Å². The molecule has 0 aliphatic heterocycles. The Morgan fingerprint density at radius 2 is 1.72 bits per heavy atom. The third kappa shape index (κ3) is 5.16. The summed E-state index contributed by atoms with van der Waals surface area (Å²) in [4.78, 5) is 4.42. The Kier molecular flexibility index (Phi) is 7.22. The van der Waals surface area contributed by atoms with Crippen molar-refractivity contribution in [1.29, 1.82) is 0 Å². The predicted octanol–water partition coefficient (Wildman–Crippen LogP) is 2.30. The van der Waals surface area contributed by atoms with E-state index in [1.54, 1.807) is 43.3 Å². The van der Waals surface area contributed by atoms with Gasteiger partial charge in [-0.15, -0.1) is 10.2 Å². The second kappa shape index (κ2) is 10.3. The summed E-state index contributed by atoms with van der Waals surface area (Å²) in [6, 6.07) is 11.7. The molecule has 0 saturated heterocycles. The predicted molar refractivity (Wildman–Crippen MR) is 128 cm³/mol. The first-order valence-electron chi connectivity index (χ1n) is 10.7. The molecule has 0 fully saturated rings. The first-order chi connectivity index (χ1) is 17.3. The van der Waals surface area contributed by atoms with Crippen LogP contribution in [-0.4, -0.2) is 65.5 Å². The van der Waals surface area contributed by atoms with Crippen molar-refractivity contribution in [3.05, 3.63) is 59.7 Å². The fourth-order valence-corrected chi connectivity index (χ4v) is 4.99. The topological polar surface area (TPSA) is 152 Å². The van der Waals surface area contributed by atoms with Crippen molar-refractivity contribution in [2.45, 2.75) is 18.8 Å². The van der Waals surface area contributed by atoms with Gasteiger partial charge in [-0.05, 0) is 25.1 Å². The van der Waals surface area contributed by atoms with Crippen molar-refractivity contribution < 1.29 is 32.3 Å². The molecule has 0 amide bonds. The number of aryl methyl sites for hydroxylation is 1. The van der Waals surface area contributed by atoms with E-state index in [0.717, 1.165) is 0 Å². The number of para-hydroxylation sites is 1. The quantitative estimate of drug-likeness (QED) is 0.331. The van der Waals surface area contributed by atoms with Crippen molar-refractivity contribution in [1.82, 2.24) is 24.9 Å². The Morgan fingerprint density at radius 3 is 2.33 bits per heavy atom. The van der Waals surface area contributed by atoms with Crippen molar-refractivity contribution >= 4 is 9.84 Å². The first kappa shape index (κ1) is 25.1. The summed E-state index contributed by atoms with van der Waals surface area (Å²) in [6.45, 7) is 1.65. The molecule has 0 radical (unpaired) electrons. The average Bonchev–Trinajstić information content (AvgIpc) is 3.49. The maximum atomic E-state index is 13.1. The Labute approximate surface area is 207 Å². The lowest BCUT2D eigenvalue weighted by Gasteiger charge is -2.17. The highest BCUT2D eigenvalue weighted by molar-refractivity contribution is 7.90. The van der Waals surface area contributed by atoms with Crippen LogP contribution in [0.4, 0.5) is 0 Å². The number of sulfone groups is 1. The number of ether oxygens (including phenoxy) is 3. The van der Waals surface area contributed by atoms with Crippen LogP contribution in [0.3, 0.4) is 0 Å². The minimum atomic E-state index is -3.91. The molecule has 0 aliphatic carbocycles. The molecule has 36 heavy (non-hydrogen) atoms. The lowest BCUT2D eigenvalue weighted by atomic mass is 10.2. The number of rotatable bonds is 10. The maximum absolute atomic E-state index is 13.1. The molecule has 12 nitrogen and oxygen atoms in total. The Balaban J connectivity index is 1.82. The molecule has 1 N–H and O–H groups in total. The van der Waals surface area contributed by atoms with Crippen LogP contribution in [0.1, 0.15) is 23.4 Å². The molecule has 4 aromatic rings. The van der Waals surface area contributed by atoms with Crippen molar-refractivity contribution in [3.63, 3.8) is 0 Å². The second-order valence-corrected chi connectivity index (χ2v) is 9.89. The molecule has 0 bridgehead atoms. The van der Waals surface area contributed by atoms with E-state index in [-0.39, 0.29) is 17.3 Å². The number of aliphatic hydroxyl groups is 1. The Morgan fingerprint density at radius 1 is 1.03 bits per heavy atom. The van der Waals surface area contributed by atoms with Crippen LogP contribution in [0, 0.1) is 6.92 Å². The van der Waals surface area contributed by atoms with E-state index in [4.69, 9.17) is 18.7 Å². The molecule has 3 aromatic heterocycles. The molecule has 13 heteroatoms. The highest BCUT2D eigenvalue weighted by atomic mass is 32.2. The minimum absolute atomic E-state index is 0.0703. The number of benzene rings is 1. The zero-order chi connectivity index (χ0) is 25.9. The van der Waals surface area contributed by atoms with Crippen molar-refractivity contribution in [2.24, 2.45) is 0 Å². The molecule has 1 aromatic carbocycles. The fraction of sp³-hybridized carbons (Fsp3) is 0.304.